The minimum Gasteiger partial charge on any atom is -0.396 e. The summed E-state index contributed by atoms with van der Waals surface area (Å²) >= 11 is 0. The minimum absolute atomic E-state index is 0.160. The van der Waals surface area contributed by atoms with Crippen molar-refractivity contribution < 1.29 is 5.11 Å². The number of hydrogen-bond donors (Lipinski definition) is 2. The molecule has 2 heterocycles. The summed E-state index contributed by atoms with van der Waals surface area (Å²) in [5.41, 5.74) is 7.80. The number of nitrogens with two attached hydrogens (primary N) is 1. The summed E-state index contributed by atoms with van der Waals surface area (Å²) in [6, 6.07) is 1.91. The summed E-state index contributed by atoms with van der Waals surface area (Å²) in [7, 11) is 0. The number of nitrogen functional groups attached to an aromatic ring is 1. The second-order valence-corrected chi connectivity index (χ2v) is 4.08. The standard InChI is InChI=1S/C11H17N3O/c1-8-2-5-13-11(10(8)12)14-6-3-9(15)4-7-14/h2,5,9,15H,3-4,6-7,12H2,1H3. The van der Waals surface area contributed by atoms with E-state index < -0.39 is 0 Å². The van der Waals surface area contributed by atoms with E-state index in [0.29, 0.717) is 0 Å². The van der Waals surface area contributed by atoms with Crippen LogP contribution in [0.1, 0.15) is 18.4 Å². The number of hydrogen-bond acceptors (Lipinski definition) is 4. The van der Waals surface area contributed by atoms with Crippen molar-refractivity contribution in [3.8, 4) is 0 Å². The Kier molecular flexibility index (Phi) is 2.77. The van der Waals surface area contributed by atoms with Crippen molar-refractivity contribution in [2.24, 2.45) is 0 Å². The number of aromatic nitrogens is 1. The molecule has 0 spiro atoms. The summed E-state index contributed by atoms with van der Waals surface area (Å²) in [6.45, 7) is 3.66. The summed E-state index contributed by atoms with van der Waals surface area (Å²) in [4.78, 5) is 6.45. The molecule has 0 saturated carbocycles. The lowest BCUT2D eigenvalue weighted by molar-refractivity contribution is 0.145. The van der Waals surface area contributed by atoms with Gasteiger partial charge in [-0.25, -0.2) is 4.98 Å². The Labute approximate surface area is 89.7 Å². The molecule has 0 aliphatic carbocycles. The SMILES string of the molecule is Cc1ccnc(N2CCC(O)CC2)c1N. The van der Waals surface area contributed by atoms with Crippen molar-refractivity contribution in [3.05, 3.63) is 17.8 Å². The molecule has 1 saturated heterocycles. The number of pyridine rings is 1. The molecule has 1 aliphatic heterocycles. The monoisotopic (exact) mass is 207 g/mol. The van der Waals surface area contributed by atoms with Gasteiger partial charge in [0.2, 0.25) is 0 Å². The molecule has 0 amide bonds. The molecule has 2 rings (SSSR count). The highest BCUT2D eigenvalue weighted by Crippen LogP contribution is 2.25. The first kappa shape index (κ1) is 10.2. The van der Waals surface area contributed by atoms with Crippen LogP contribution in [0.4, 0.5) is 11.5 Å². The molecule has 0 unspecified atom stereocenters. The van der Waals surface area contributed by atoms with Gasteiger partial charge < -0.3 is 15.7 Å². The Bertz CT molecular complexity index is 346. The largest absolute Gasteiger partial charge is 0.396 e. The van der Waals surface area contributed by atoms with Gasteiger partial charge in [0.25, 0.3) is 0 Å². The van der Waals surface area contributed by atoms with Gasteiger partial charge in [0.1, 0.15) is 0 Å². The van der Waals surface area contributed by atoms with Crippen molar-refractivity contribution in [2.75, 3.05) is 23.7 Å². The lowest BCUT2D eigenvalue weighted by Crippen LogP contribution is -2.36. The third-order valence-corrected chi connectivity index (χ3v) is 2.95. The maximum Gasteiger partial charge on any atom is 0.152 e. The fourth-order valence-electron chi connectivity index (χ4n) is 1.89. The number of aryl methyl sites for hydroxylation is 1. The lowest BCUT2D eigenvalue weighted by Gasteiger charge is -2.31. The number of aliphatic hydroxyl groups is 1. The van der Waals surface area contributed by atoms with Gasteiger partial charge >= 0.3 is 0 Å². The number of aliphatic hydroxyl groups excluding tert-OH is 1. The third-order valence-electron chi connectivity index (χ3n) is 2.95. The van der Waals surface area contributed by atoms with E-state index >= 15 is 0 Å². The fraction of sp³-hybridized carbons (Fsp3) is 0.545. The Morgan fingerprint density at radius 1 is 1.47 bits per heavy atom. The molecule has 4 nitrogen and oxygen atoms in total. The van der Waals surface area contributed by atoms with Crippen LogP contribution >= 0.6 is 0 Å². The average Bonchev–Trinajstić information content (AvgIpc) is 2.24. The zero-order chi connectivity index (χ0) is 10.8. The van der Waals surface area contributed by atoms with Crippen LogP contribution in [-0.4, -0.2) is 29.3 Å². The van der Waals surface area contributed by atoms with Crippen LogP contribution in [0.3, 0.4) is 0 Å². The van der Waals surface area contributed by atoms with E-state index in [0.717, 1.165) is 43.0 Å². The van der Waals surface area contributed by atoms with Gasteiger partial charge in [-0.3, -0.25) is 0 Å². The maximum atomic E-state index is 9.42. The van der Waals surface area contributed by atoms with Crippen molar-refractivity contribution in [1.29, 1.82) is 0 Å². The quantitative estimate of drug-likeness (QED) is 0.719. The molecule has 0 atom stereocenters. The molecule has 1 aromatic rings. The number of rotatable bonds is 1. The van der Waals surface area contributed by atoms with Crippen LogP contribution in [-0.2, 0) is 0 Å². The second kappa shape index (κ2) is 4.06. The molecule has 1 fully saturated rings. The van der Waals surface area contributed by atoms with Gasteiger partial charge in [-0.15, -0.1) is 0 Å². The Morgan fingerprint density at radius 2 is 2.13 bits per heavy atom. The van der Waals surface area contributed by atoms with Gasteiger partial charge in [-0.1, -0.05) is 0 Å². The van der Waals surface area contributed by atoms with Crippen LogP contribution < -0.4 is 10.6 Å². The van der Waals surface area contributed by atoms with E-state index in [1.54, 1.807) is 6.20 Å². The van der Waals surface area contributed by atoms with E-state index in [2.05, 4.69) is 9.88 Å². The van der Waals surface area contributed by atoms with Crippen molar-refractivity contribution >= 4 is 11.5 Å². The molecule has 3 N–H and O–H groups in total. The molecule has 0 aromatic carbocycles. The first-order valence-electron chi connectivity index (χ1n) is 5.32. The topological polar surface area (TPSA) is 62.4 Å². The van der Waals surface area contributed by atoms with Gasteiger partial charge in [0.15, 0.2) is 5.82 Å². The fourth-order valence-corrected chi connectivity index (χ4v) is 1.89. The van der Waals surface area contributed by atoms with Crippen molar-refractivity contribution in [3.63, 3.8) is 0 Å². The molecule has 1 aromatic heterocycles. The number of anilines is 2. The smallest absolute Gasteiger partial charge is 0.152 e. The van der Waals surface area contributed by atoms with Crippen LogP contribution in [0.15, 0.2) is 12.3 Å². The van der Waals surface area contributed by atoms with E-state index in [1.165, 1.54) is 0 Å². The van der Waals surface area contributed by atoms with Crippen molar-refractivity contribution in [2.45, 2.75) is 25.9 Å². The Morgan fingerprint density at radius 3 is 2.80 bits per heavy atom. The van der Waals surface area contributed by atoms with E-state index in [9.17, 15) is 5.11 Å². The van der Waals surface area contributed by atoms with Crippen LogP contribution in [0.5, 0.6) is 0 Å². The molecule has 82 valence electrons. The van der Waals surface area contributed by atoms with E-state index in [-0.39, 0.29) is 6.10 Å². The maximum absolute atomic E-state index is 9.42. The van der Waals surface area contributed by atoms with Gasteiger partial charge in [0.05, 0.1) is 11.8 Å². The molecular weight excluding hydrogens is 190 g/mol. The Balaban J connectivity index is 2.19. The molecule has 0 radical (unpaired) electrons. The minimum atomic E-state index is -0.160. The molecule has 0 bridgehead atoms. The van der Waals surface area contributed by atoms with Crippen LogP contribution in [0.2, 0.25) is 0 Å². The van der Waals surface area contributed by atoms with Crippen molar-refractivity contribution in [1.82, 2.24) is 4.98 Å². The second-order valence-electron chi connectivity index (χ2n) is 4.08. The zero-order valence-corrected chi connectivity index (χ0v) is 8.98. The predicted molar refractivity (Wildman–Crippen MR) is 60.8 cm³/mol. The number of nitrogens with zero attached hydrogens (tertiary/aromatic N) is 2. The first-order valence-corrected chi connectivity index (χ1v) is 5.32. The van der Waals surface area contributed by atoms with Gasteiger partial charge in [-0.2, -0.15) is 0 Å². The highest BCUT2D eigenvalue weighted by Gasteiger charge is 2.19. The van der Waals surface area contributed by atoms with E-state index in [1.807, 2.05) is 13.0 Å². The van der Waals surface area contributed by atoms with E-state index in [4.69, 9.17) is 5.73 Å². The summed E-state index contributed by atoms with van der Waals surface area (Å²) in [5.74, 6) is 0.863. The summed E-state index contributed by atoms with van der Waals surface area (Å²) in [6.07, 6.45) is 3.23. The third kappa shape index (κ3) is 2.04. The number of piperidine rings is 1. The average molecular weight is 207 g/mol. The Hall–Kier alpha value is -1.29. The molecular formula is C11H17N3O. The normalized spacial score (nSPS) is 18.1. The zero-order valence-electron chi connectivity index (χ0n) is 8.98. The van der Waals surface area contributed by atoms with Gasteiger partial charge in [-0.05, 0) is 31.4 Å². The highest BCUT2D eigenvalue weighted by atomic mass is 16.3. The predicted octanol–water partition coefficient (Wildman–Crippen LogP) is 0.933. The molecule has 4 heteroatoms. The molecule has 15 heavy (non-hydrogen) atoms. The lowest BCUT2D eigenvalue weighted by atomic mass is 10.1. The van der Waals surface area contributed by atoms with Crippen LogP contribution in [0, 0.1) is 6.92 Å². The van der Waals surface area contributed by atoms with Crippen LogP contribution in [0.25, 0.3) is 0 Å². The molecule has 1 aliphatic rings. The first-order chi connectivity index (χ1) is 7.18. The summed E-state index contributed by atoms with van der Waals surface area (Å²) < 4.78 is 0. The van der Waals surface area contributed by atoms with Gasteiger partial charge in [0, 0.05) is 19.3 Å². The summed E-state index contributed by atoms with van der Waals surface area (Å²) in [5, 5.41) is 9.42. The highest BCUT2D eigenvalue weighted by molar-refractivity contribution is 5.66.